The number of halogens is 1. The first-order valence-electron chi connectivity index (χ1n) is 13.4. The lowest BCUT2D eigenvalue weighted by atomic mass is 9.86. The number of aromatic nitrogens is 1. The number of amides is 2. The number of hydrazine groups is 1. The summed E-state index contributed by atoms with van der Waals surface area (Å²) in [5, 5.41) is 0.639. The van der Waals surface area contributed by atoms with Gasteiger partial charge in [-0.15, -0.1) is 0 Å². The van der Waals surface area contributed by atoms with E-state index in [2.05, 4.69) is 62.0 Å². The van der Waals surface area contributed by atoms with Crippen molar-refractivity contribution < 1.29 is 23.5 Å². The van der Waals surface area contributed by atoms with Gasteiger partial charge in [-0.25, -0.2) is 14.2 Å². The third kappa shape index (κ3) is 6.01. The highest BCUT2D eigenvalue weighted by atomic mass is 19.1. The fourth-order valence-electron chi connectivity index (χ4n) is 4.87. The molecule has 8 heteroatoms. The third-order valence-corrected chi connectivity index (χ3v) is 7.03. The molecule has 2 amide bonds. The Labute approximate surface area is 237 Å². The number of benzene rings is 3. The maximum absolute atomic E-state index is 13.8. The summed E-state index contributed by atoms with van der Waals surface area (Å²) in [5.41, 5.74) is 9.98. The molecular formula is C33H30FN3O4. The first kappa shape index (κ1) is 27.7. The minimum atomic E-state index is -0.826. The van der Waals surface area contributed by atoms with Crippen molar-refractivity contribution in [2.75, 3.05) is 6.61 Å². The van der Waals surface area contributed by atoms with Gasteiger partial charge in [0.2, 0.25) is 0 Å². The van der Waals surface area contributed by atoms with Crippen LogP contribution in [0.2, 0.25) is 0 Å². The second-order valence-electron chi connectivity index (χ2n) is 10.9. The van der Waals surface area contributed by atoms with E-state index in [1.807, 2.05) is 18.2 Å². The Morgan fingerprint density at radius 2 is 1.63 bits per heavy atom. The van der Waals surface area contributed by atoms with Gasteiger partial charge in [0.15, 0.2) is 6.61 Å². The molecule has 208 valence electrons. The monoisotopic (exact) mass is 551 g/mol. The molecule has 3 aromatic carbocycles. The summed E-state index contributed by atoms with van der Waals surface area (Å²) >= 11 is 0. The van der Waals surface area contributed by atoms with Gasteiger partial charge in [0.05, 0.1) is 22.3 Å². The Hall–Kier alpha value is -4.85. The van der Waals surface area contributed by atoms with Crippen molar-refractivity contribution in [3.05, 3.63) is 112 Å². The number of ether oxygens (including phenoxy) is 1. The molecule has 0 atom stereocenters. The van der Waals surface area contributed by atoms with Crippen LogP contribution in [0.3, 0.4) is 0 Å². The van der Waals surface area contributed by atoms with E-state index >= 15 is 0 Å². The fraction of sp³-hybridized carbons (Fsp3) is 0.212. The Morgan fingerprint density at radius 3 is 2.37 bits per heavy atom. The van der Waals surface area contributed by atoms with Crippen molar-refractivity contribution >= 4 is 40.3 Å². The van der Waals surface area contributed by atoms with Gasteiger partial charge in [0.25, 0.3) is 11.8 Å². The van der Waals surface area contributed by atoms with E-state index < -0.39 is 30.2 Å². The topological polar surface area (TPSA) is 97.4 Å². The van der Waals surface area contributed by atoms with Crippen molar-refractivity contribution in [1.29, 1.82) is 0 Å². The van der Waals surface area contributed by atoms with Gasteiger partial charge in [-0.05, 0) is 64.8 Å². The van der Waals surface area contributed by atoms with Crippen molar-refractivity contribution in [3.8, 4) is 0 Å². The van der Waals surface area contributed by atoms with Crippen LogP contribution in [0.4, 0.5) is 4.39 Å². The van der Waals surface area contributed by atoms with Crippen LogP contribution in [0, 0.1) is 5.82 Å². The lowest BCUT2D eigenvalue weighted by molar-refractivity contribution is -0.125. The standard InChI is InChI=1S/C33H30FN3O4/c1-33(2,3)22-15-12-20(13-16-22)18-21-14-17-25-29(24-9-5-7-11-27(24)35-30(21)25)32(40)41-19-28(38)36-37-31(39)23-8-4-6-10-26(23)34/h4-13,15-16,18H,14,17,19H2,1-3H3,(H,36,38)(H,37,39). The molecule has 0 bridgehead atoms. The largest absolute Gasteiger partial charge is 0.452 e. The minimum Gasteiger partial charge on any atom is -0.452 e. The van der Waals surface area contributed by atoms with Crippen LogP contribution >= 0.6 is 0 Å². The molecule has 0 radical (unpaired) electrons. The number of rotatable bonds is 5. The molecular weight excluding hydrogens is 521 g/mol. The molecule has 7 nitrogen and oxygen atoms in total. The zero-order chi connectivity index (χ0) is 29.1. The number of nitrogens with zero attached hydrogens (tertiary/aromatic N) is 1. The summed E-state index contributed by atoms with van der Waals surface area (Å²) in [6.07, 6.45) is 3.41. The minimum absolute atomic E-state index is 0.0592. The molecule has 1 aliphatic rings. The fourth-order valence-corrected chi connectivity index (χ4v) is 4.87. The number of carbonyl (C=O) groups is 3. The predicted octanol–water partition coefficient (Wildman–Crippen LogP) is 5.78. The molecule has 0 saturated carbocycles. The van der Waals surface area contributed by atoms with Gasteiger partial charge in [-0.3, -0.25) is 20.4 Å². The van der Waals surface area contributed by atoms with Crippen LogP contribution in [0.25, 0.3) is 22.6 Å². The molecule has 0 saturated heterocycles. The summed E-state index contributed by atoms with van der Waals surface area (Å²) < 4.78 is 19.2. The van der Waals surface area contributed by atoms with Gasteiger partial charge < -0.3 is 4.74 Å². The second kappa shape index (κ2) is 11.3. The van der Waals surface area contributed by atoms with Crippen LogP contribution in [-0.4, -0.2) is 29.4 Å². The van der Waals surface area contributed by atoms with Crippen LogP contribution in [0.1, 0.15) is 70.3 Å². The Bertz CT molecular complexity index is 1690. The van der Waals surface area contributed by atoms with E-state index in [9.17, 15) is 18.8 Å². The van der Waals surface area contributed by atoms with Crippen molar-refractivity contribution in [2.45, 2.75) is 39.0 Å². The Balaban J connectivity index is 1.34. The molecule has 5 rings (SSSR count). The van der Waals surface area contributed by atoms with Gasteiger partial charge in [0.1, 0.15) is 5.82 Å². The molecule has 0 unspecified atom stereocenters. The number of para-hydroxylation sites is 1. The van der Waals surface area contributed by atoms with Gasteiger partial charge in [-0.1, -0.05) is 75.4 Å². The number of allylic oxidation sites excluding steroid dienone is 1. The summed E-state index contributed by atoms with van der Waals surface area (Å²) in [6, 6.07) is 21.1. The third-order valence-electron chi connectivity index (χ3n) is 7.03. The van der Waals surface area contributed by atoms with Crippen LogP contribution < -0.4 is 10.9 Å². The van der Waals surface area contributed by atoms with Crippen molar-refractivity contribution in [1.82, 2.24) is 15.8 Å². The highest BCUT2D eigenvalue weighted by Gasteiger charge is 2.28. The number of nitrogens with one attached hydrogen (secondary N) is 2. The van der Waals surface area contributed by atoms with E-state index in [4.69, 9.17) is 9.72 Å². The van der Waals surface area contributed by atoms with Crippen LogP contribution in [0.5, 0.6) is 0 Å². The number of hydrogen-bond acceptors (Lipinski definition) is 5. The Kier molecular flexibility index (Phi) is 7.66. The first-order chi connectivity index (χ1) is 19.6. The molecule has 2 N–H and O–H groups in total. The van der Waals surface area contributed by atoms with Gasteiger partial charge in [0, 0.05) is 5.39 Å². The van der Waals surface area contributed by atoms with E-state index in [-0.39, 0.29) is 11.0 Å². The zero-order valence-electron chi connectivity index (χ0n) is 23.1. The van der Waals surface area contributed by atoms with E-state index in [1.165, 1.54) is 23.8 Å². The molecule has 1 aromatic heterocycles. The van der Waals surface area contributed by atoms with E-state index in [1.54, 1.807) is 6.07 Å². The maximum atomic E-state index is 13.8. The molecule has 41 heavy (non-hydrogen) atoms. The van der Waals surface area contributed by atoms with Gasteiger partial charge >= 0.3 is 5.97 Å². The predicted molar refractivity (Wildman–Crippen MR) is 155 cm³/mol. The maximum Gasteiger partial charge on any atom is 0.339 e. The van der Waals surface area contributed by atoms with Crippen molar-refractivity contribution in [3.63, 3.8) is 0 Å². The van der Waals surface area contributed by atoms with E-state index in [0.29, 0.717) is 29.3 Å². The number of fused-ring (bicyclic) bond motifs is 2. The van der Waals surface area contributed by atoms with Gasteiger partial charge in [-0.2, -0.15) is 0 Å². The average Bonchev–Trinajstić information content (AvgIpc) is 3.35. The molecule has 1 heterocycles. The zero-order valence-corrected chi connectivity index (χ0v) is 23.1. The second-order valence-corrected chi connectivity index (χ2v) is 10.9. The molecule has 0 spiro atoms. The number of esters is 1. The summed E-state index contributed by atoms with van der Waals surface area (Å²) in [4.78, 5) is 42.7. The molecule has 1 aliphatic carbocycles. The molecule has 4 aromatic rings. The smallest absolute Gasteiger partial charge is 0.339 e. The SMILES string of the molecule is CC(C)(C)c1ccc(C=C2CCc3c2nc2ccccc2c3C(=O)OCC(=O)NNC(=O)c2ccccc2F)cc1. The molecule has 0 aliphatic heterocycles. The number of carbonyl (C=O) groups excluding carboxylic acids is 3. The number of pyridine rings is 1. The van der Waals surface area contributed by atoms with Crippen LogP contribution in [-0.2, 0) is 21.4 Å². The van der Waals surface area contributed by atoms with Crippen molar-refractivity contribution in [2.24, 2.45) is 0 Å². The highest BCUT2D eigenvalue weighted by molar-refractivity contribution is 6.07. The summed E-state index contributed by atoms with van der Waals surface area (Å²) in [6.45, 7) is 5.89. The molecule has 0 fully saturated rings. The normalized spacial score (nSPS) is 13.6. The summed E-state index contributed by atoms with van der Waals surface area (Å²) in [7, 11) is 0. The van der Waals surface area contributed by atoms with Crippen LogP contribution in [0.15, 0.2) is 72.8 Å². The lowest BCUT2D eigenvalue weighted by Gasteiger charge is -2.18. The van der Waals surface area contributed by atoms with E-state index in [0.717, 1.165) is 28.5 Å². The Morgan fingerprint density at radius 1 is 0.927 bits per heavy atom. The quantitative estimate of drug-likeness (QED) is 0.242. The average molecular weight is 552 g/mol. The number of hydrogen-bond donors (Lipinski definition) is 2. The lowest BCUT2D eigenvalue weighted by Crippen LogP contribution is -2.43. The summed E-state index contributed by atoms with van der Waals surface area (Å²) in [5.74, 6) is -2.98. The highest BCUT2D eigenvalue weighted by Crippen LogP contribution is 2.38. The first-order valence-corrected chi connectivity index (χ1v) is 13.4.